The summed E-state index contributed by atoms with van der Waals surface area (Å²) in [7, 11) is 1.37. The van der Waals surface area contributed by atoms with Crippen LogP contribution in [0.5, 0.6) is 0 Å². The highest BCUT2D eigenvalue weighted by Gasteiger charge is 2.30. The Morgan fingerprint density at radius 2 is 1.43 bits per heavy atom. The summed E-state index contributed by atoms with van der Waals surface area (Å²) < 4.78 is 41.5. The number of hydrogen-bond donors (Lipinski definition) is 0. The Morgan fingerprint density at radius 1 is 0.857 bits per heavy atom. The standard InChI is InChI=1S/C11H9NO2.C10H6F3N/c1-14-11(13)9-5-4-8-3-2-6-12-10(8)7-9;11-10(12,13)8-4-3-7-2-1-5-14-9(7)6-8/h2-7H,1H3;1-6H. The van der Waals surface area contributed by atoms with Crippen LogP contribution in [0.3, 0.4) is 0 Å². The van der Waals surface area contributed by atoms with E-state index in [0.717, 1.165) is 23.0 Å². The molecule has 0 bridgehead atoms. The molecule has 0 fully saturated rings. The zero-order chi connectivity index (χ0) is 20.1. The van der Waals surface area contributed by atoms with Crippen molar-refractivity contribution in [1.29, 1.82) is 0 Å². The van der Waals surface area contributed by atoms with Crippen LogP contribution in [-0.4, -0.2) is 23.0 Å². The zero-order valence-electron chi connectivity index (χ0n) is 14.8. The van der Waals surface area contributed by atoms with Crippen LogP contribution in [0.25, 0.3) is 21.8 Å². The first-order valence-corrected chi connectivity index (χ1v) is 8.23. The molecule has 2 aromatic heterocycles. The normalized spacial score (nSPS) is 11.0. The minimum Gasteiger partial charge on any atom is -0.465 e. The molecular formula is C21H15F3N2O2. The first-order chi connectivity index (χ1) is 13.4. The van der Waals surface area contributed by atoms with E-state index in [1.807, 2.05) is 18.2 Å². The van der Waals surface area contributed by atoms with Crippen LogP contribution in [0, 0.1) is 0 Å². The van der Waals surface area contributed by atoms with Gasteiger partial charge in [0.25, 0.3) is 0 Å². The molecule has 2 heterocycles. The number of ether oxygens (including phenoxy) is 1. The van der Waals surface area contributed by atoms with Crippen molar-refractivity contribution in [2.75, 3.05) is 7.11 Å². The maximum atomic E-state index is 12.3. The van der Waals surface area contributed by atoms with Crippen molar-refractivity contribution in [2.24, 2.45) is 0 Å². The Bertz CT molecular complexity index is 1130. The van der Waals surface area contributed by atoms with E-state index in [1.165, 1.54) is 19.4 Å². The van der Waals surface area contributed by atoms with Crippen LogP contribution >= 0.6 is 0 Å². The van der Waals surface area contributed by atoms with Gasteiger partial charge in [-0.3, -0.25) is 9.97 Å². The van der Waals surface area contributed by atoms with Crippen LogP contribution in [0.2, 0.25) is 0 Å². The summed E-state index contributed by atoms with van der Waals surface area (Å²) in [5.41, 5.74) is 1.03. The third-order valence-corrected chi connectivity index (χ3v) is 3.96. The summed E-state index contributed by atoms with van der Waals surface area (Å²) in [4.78, 5) is 19.2. The van der Waals surface area contributed by atoms with Gasteiger partial charge in [-0.05, 0) is 36.4 Å². The third-order valence-electron chi connectivity index (χ3n) is 3.96. The Morgan fingerprint density at radius 3 is 2.00 bits per heavy atom. The van der Waals surface area contributed by atoms with Crippen LogP contribution in [-0.2, 0) is 10.9 Å². The average Bonchev–Trinajstić information content (AvgIpc) is 2.72. The lowest BCUT2D eigenvalue weighted by molar-refractivity contribution is -0.137. The van der Waals surface area contributed by atoms with E-state index in [4.69, 9.17) is 0 Å². The van der Waals surface area contributed by atoms with Gasteiger partial charge in [0.1, 0.15) is 0 Å². The molecule has 0 unspecified atom stereocenters. The van der Waals surface area contributed by atoms with E-state index < -0.39 is 11.7 Å². The molecule has 4 rings (SSSR count). The van der Waals surface area contributed by atoms with Crippen molar-refractivity contribution in [3.63, 3.8) is 0 Å². The molecule has 0 saturated heterocycles. The molecule has 4 nitrogen and oxygen atoms in total. The van der Waals surface area contributed by atoms with Gasteiger partial charge in [0.15, 0.2) is 0 Å². The number of benzene rings is 2. The van der Waals surface area contributed by atoms with Crippen molar-refractivity contribution in [2.45, 2.75) is 6.18 Å². The van der Waals surface area contributed by atoms with E-state index >= 15 is 0 Å². The van der Waals surface area contributed by atoms with Crippen LogP contribution < -0.4 is 0 Å². The molecule has 0 N–H and O–H groups in total. The highest BCUT2D eigenvalue weighted by atomic mass is 19.4. The van der Waals surface area contributed by atoms with Crippen LogP contribution in [0.1, 0.15) is 15.9 Å². The van der Waals surface area contributed by atoms with Gasteiger partial charge >= 0.3 is 12.1 Å². The van der Waals surface area contributed by atoms with E-state index in [0.29, 0.717) is 16.5 Å². The maximum absolute atomic E-state index is 12.3. The Balaban J connectivity index is 0.000000161. The molecule has 0 aliphatic rings. The number of pyridine rings is 2. The lowest BCUT2D eigenvalue weighted by atomic mass is 10.1. The number of alkyl halides is 3. The first kappa shape index (κ1) is 19.3. The predicted molar refractivity (Wildman–Crippen MR) is 99.8 cm³/mol. The maximum Gasteiger partial charge on any atom is 0.416 e. The molecular weight excluding hydrogens is 369 g/mol. The van der Waals surface area contributed by atoms with Gasteiger partial charge in [0.05, 0.1) is 29.3 Å². The molecule has 0 radical (unpaired) electrons. The second-order valence-electron chi connectivity index (χ2n) is 5.81. The van der Waals surface area contributed by atoms with Gasteiger partial charge < -0.3 is 4.74 Å². The molecule has 0 amide bonds. The number of halogens is 3. The van der Waals surface area contributed by atoms with Crippen molar-refractivity contribution in [3.05, 3.63) is 84.2 Å². The zero-order valence-corrected chi connectivity index (χ0v) is 14.8. The Labute approximate surface area is 158 Å². The summed E-state index contributed by atoms with van der Waals surface area (Å²) >= 11 is 0. The number of nitrogens with zero attached hydrogens (tertiary/aromatic N) is 2. The third kappa shape index (κ3) is 4.43. The van der Waals surface area contributed by atoms with Crippen molar-refractivity contribution < 1.29 is 22.7 Å². The molecule has 2 aromatic carbocycles. The number of esters is 1. The van der Waals surface area contributed by atoms with E-state index in [-0.39, 0.29) is 5.97 Å². The molecule has 7 heteroatoms. The number of aromatic nitrogens is 2. The smallest absolute Gasteiger partial charge is 0.416 e. The topological polar surface area (TPSA) is 52.1 Å². The number of fused-ring (bicyclic) bond motifs is 2. The molecule has 142 valence electrons. The largest absolute Gasteiger partial charge is 0.465 e. The molecule has 4 aromatic rings. The molecule has 0 aliphatic carbocycles. The van der Waals surface area contributed by atoms with Crippen LogP contribution in [0.4, 0.5) is 13.2 Å². The molecule has 0 saturated carbocycles. The fraction of sp³-hybridized carbons (Fsp3) is 0.0952. The number of rotatable bonds is 1. The SMILES string of the molecule is COC(=O)c1ccc2cccnc2c1.FC(F)(F)c1ccc2cccnc2c1. The number of hydrogen-bond acceptors (Lipinski definition) is 4. The van der Waals surface area contributed by atoms with E-state index in [9.17, 15) is 18.0 Å². The van der Waals surface area contributed by atoms with Crippen molar-refractivity contribution >= 4 is 27.8 Å². The summed E-state index contributed by atoms with van der Waals surface area (Å²) in [6, 6.07) is 16.1. The minimum atomic E-state index is -4.30. The highest BCUT2D eigenvalue weighted by Crippen LogP contribution is 2.30. The predicted octanol–water partition coefficient (Wildman–Crippen LogP) is 5.28. The fourth-order valence-electron chi connectivity index (χ4n) is 2.55. The summed E-state index contributed by atoms with van der Waals surface area (Å²) in [6.45, 7) is 0. The lowest BCUT2D eigenvalue weighted by Crippen LogP contribution is -2.04. The summed E-state index contributed by atoms with van der Waals surface area (Å²) in [6.07, 6.45) is -1.13. The monoisotopic (exact) mass is 384 g/mol. The Kier molecular flexibility index (Phi) is 5.54. The van der Waals surface area contributed by atoms with Gasteiger partial charge in [-0.25, -0.2) is 4.79 Å². The fourth-order valence-corrected chi connectivity index (χ4v) is 2.55. The lowest BCUT2D eigenvalue weighted by Gasteiger charge is -2.06. The van der Waals surface area contributed by atoms with Gasteiger partial charge in [0.2, 0.25) is 0 Å². The minimum absolute atomic E-state index is 0.336. The quantitative estimate of drug-likeness (QED) is 0.419. The highest BCUT2D eigenvalue weighted by molar-refractivity contribution is 5.94. The molecule has 28 heavy (non-hydrogen) atoms. The molecule has 0 aliphatic heterocycles. The second kappa shape index (κ2) is 8.04. The summed E-state index contributed by atoms with van der Waals surface area (Å²) in [5, 5.41) is 1.72. The number of carbonyl (C=O) groups is 1. The average molecular weight is 384 g/mol. The van der Waals surface area contributed by atoms with Crippen molar-refractivity contribution in [3.8, 4) is 0 Å². The molecule has 0 spiro atoms. The van der Waals surface area contributed by atoms with Gasteiger partial charge in [0, 0.05) is 23.2 Å². The second-order valence-corrected chi connectivity index (χ2v) is 5.81. The summed E-state index contributed by atoms with van der Waals surface area (Å²) in [5.74, 6) is -0.336. The van der Waals surface area contributed by atoms with E-state index in [2.05, 4.69) is 14.7 Å². The van der Waals surface area contributed by atoms with Gasteiger partial charge in [-0.2, -0.15) is 13.2 Å². The van der Waals surface area contributed by atoms with Crippen molar-refractivity contribution in [1.82, 2.24) is 9.97 Å². The molecule has 0 atom stereocenters. The number of methoxy groups -OCH3 is 1. The van der Waals surface area contributed by atoms with Gasteiger partial charge in [-0.1, -0.05) is 24.3 Å². The van der Waals surface area contributed by atoms with Crippen LogP contribution in [0.15, 0.2) is 73.1 Å². The number of carbonyl (C=O) groups excluding carboxylic acids is 1. The van der Waals surface area contributed by atoms with E-state index in [1.54, 1.807) is 30.5 Å². The first-order valence-electron chi connectivity index (χ1n) is 8.23. The Hall–Kier alpha value is -3.48. The van der Waals surface area contributed by atoms with Gasteiger partial charge in [-0.15, -0.1) is 0 Å².